The van der Waals surface area contributed by atoms with Gasteiger partial charge in [0.05, 0.1) is 6.04 Å². The summed E-state index contributed by atoms with van der Waals surface area (Å²) in [5.41, 5.74) is 0. The first-order valence-electron chi connectivity index (χ1n) is 5.91. The minimum atomic E-state index is 0. The lowest BCUT2D eigenvalue weighted by Crippen LogP contribution is -2.51. The van der Waals surface area contributed by atoms with Crippen LogP contribution in [0.1, 0.15) is 26.2 Å². The van der Waals surface area contributed by atoms with Crippen LogP contribution in [0.2, 0.25) is 0 Å². The van der Waals surface area contributed by atoms with Gasteiger partial charge in [-0.25, -0.2) is 0 Å². The number of carbonyl (C=O) groups is 1. The summed E-state index contributed by atoms with van der Waals surface area (Å²) in [6.07, 6.45) is 3.44. The molecule has 2 aliphatic heterocycles. The van der Waals surface area contributed by atoms with E-state index in [1.807, 2.05) is 16.7 Å². The van der Waals surface area contributed by atoms with E-state index in [-0.39, 0.29) is 18.4 Å². The average molecular weight is 265 g/mol. The summed E-state index contributed by atoms with van der Waals surface area (Å²) in [5.74, 6) is 1.43. The van der Waals surface area contributed by atoms with Gasteiger partial charge in [0.2, 0.25) is 5.91 Å². The summed E-state index contributed by atoms with van der Waals surface area (Å²) in [7, 11) is 0. The maximum atomic E-state index is 12.2. The van der Waals surface area contributed by atoms with Crippen molar-refractivity contribution in [3.63, 3.8) is 0 Å². The number of carbonyl (C=O) groups excluding carboxylic acids is 1. The smallest absolute Gasteiger partial charge is 0.239 e. The molecule has 0 aliphatic carbocycles. The van der Waals surface area contributed by atoms with Gasteiger partial charge in [-0.1, -0.05) is 13.3 Å². The van der Waals surface area contributed by atoms with Crippen molar-refractivity contribution in [3.05, 3.63) is 0 Å². The molecule has 2 atom stereocenters. The lowest BCUT2D eigenvalue weighted by atomic mass is 10.0. The molecule has 0 spiro atoms. The molecule has 16 heavy (non-hydrogen) atoms. The van der Waals surface area contributed by atoms with Crippen LogP contribution in [0.5, 0.6) is 0 Å². The zero-order valence-corrected chi connectivity index (χ0v) is 11.4. The van der Waals surface area contributed by atoms with Gasteiger partial charge < -0.3 is 10.2 Å². The fourth-order valence-corrected chi connectivity index (χ4v) is 3.32. The van der Waals surface area contributed by atoms with Crippen molar-refractivity contribution >= 4 is 30.1 Å². The molecule has 3 nitrogen and oxygen atoms in total. The maximum Gasteiger partial charge on any atom is 0.239 e. The second-order valence-electron chi connectivity index (χ2n) is 4.47. The van der Waals surface area contributed by atoms with E-state index in [1.54, 1.807) is 0 Å². The molecule has 94 valence electrons. The molecule has 1 N–H and O–H groups in total. The van der Waals surface area contributed by atoms with E-state index in [0.29, 0.717) is 11.2 Å². The summed E-state index contributed by atoms with van der Waals surface area (Å²) >= 11 is 1.97. The Hall–Kier alpha value is 0.0700. The van der Waals surface area contributed by atoms with Crippen LogP contribution >= 0.6 is 24.2 Å². The van der Waals surface area contributed by atoms with Crippen molar-refractivity contribution in [1.82, 2.24) is 10.2 Å². The lowest BCUT2D eigenvalue weighted by Gasteiger charge is -2.34. The third-order valence-electron chi connectivity index (χ3n) is 3.16. The van der Waals surface area contributed by atoms with E-state index in [4.69, 9.17) is 0 Å². The number of nitrogens with zero attached hydrogens (tertiary/aromatic N) is 1. The summed E-state index contributed by atoms with van der Waals surface area (Å²) in [5, 5.41) is 3.94. The lowest BCUT2D eigenvalue weighted by molar-refractivity contribution is -0.133. The standard InChI is InChI=1S/C11H20N2OS.ClH/c1-9-8-13(6-7-15-9)11(14)10-4-2-3-5-12-10;/h9-10,12H,2-8H2,1H3;1H. The SMILES string of the molecule is CC1CN(C(=O)C2CCCCN2)CCS1.Cl. The van der Waals surface area contributed by atoms with Crippen molar-refractivity contribution in [2.24, 2.45) is 0 Å². The van der Waals surface area contributed by atoms with Crippen molar-refractivity contribution in [1.29, 1.82) is 0 Å². The van der Waals surface area contributed by atoms with E-state index in [0.717, 1.165) is 31.8 Å². The minimum Gasteiger partial charge on any atom is -0.339 e. The van der Waals surface area contributed by atoms with Crippen molar-refractivity contribution in [3.8, 4) is 0 Å². The van der Waals surface area contributed by atoms with Gasteiger partial charge in [-0.05, 0) is 19.4 Å². The molecule has 2 fully saturated rings. The van der Waals surface area contributed by atoms with Crippen molar-refractivity contribution in [2.75, 3.05) is 25.4 Å². The number of halogens is 1. The van der Waals surface area contributed by atoms with E-state index in [2.05, 4.69) is 12.2 Å². The van der Waals surface area contributed by atoms with E-state index < -0.39 is 0 Å². The van der Waals surface area contributed by atoms with Crippen LogP contribution in [0.4, 0.5) is 0 Å². The maximum absolute atomic E-state index is 12.2. The fourth-order valence-electron chi connectivity index (χ4n) is 2.30. The number of piperidine rings is 1. The van der Waals surface area contributed by atoms with Crippen LogP contribution in [0.3, 0.4) is 0 Å². The molecular formula is C11H21ClN2OS. The normalized spacial score (nSPS) is 30.7. The Bertz CT molecular complexity index is 234. The van der Waals surface area contributed by atoms with Gasteiger partial charge >= 0.3 is 0 Å². The third-order valence-corrected chi connectivity index (χ3v) is 4.30. The first-order chi connectivity index (χ1) is 7.27. The number of hydrogen-bond donors (Lipinski definition) is 1. The molecule has 2 saturated heterocycles. The second kappa shape index (κ2) is 6.72. The molecule has 5 heteroatoms. The zero-order chi connectivity index (χ0) is 10.7. The van der Waals surface area contributed by atoms with Crippen LogP contribution in [0.25, 0.3) is 0 Å². The van der Waals surface area contributed by atoms with Gasteiger partial charge in [-0.15, -0.1) is 12.4 Å². The Morgan fingerprint density at radius 3 is 2.88 bits per heavy atom. The number of thioether (sulfide) groups is 1. The minimum absolute atomic E-state index is 0. The van der Waals surface area contributed by atoms with Crippen molar-refractivity contribution in [2.45, 2.75) is 37.5 Å². The highest BCUT2D eigenvalue weighted by Crippen LogP contribution is 2.19. The first kappa shape index (κ1) is 14.1. The predicted octanol–water partition coefficient (Wildman–Crippen LogP) is 1.51. The first-order valence-corrected chi connectivity index (χ1v) is 6.96. The van der Waals surface area contributed by atoms with Gasteiger partial charge in [0.15, 0.2) is 0 Å². The number of nitrogens with one attached hydrogen (secondary N) is 1. The Morgan fingerprint density at radius 1 is 1.44 bits per heavy atom. The van der Waals surface area contributed by atoms with Gasteiger partial charge in [0.1, 0.15) is 0 Å². The topological polar surface area (TPSA) is 32.3 Å². The van der Waals surface area contributed by atoms with Crippen LogP contribution < -0.4 is 5.32 Å². The van der Waals surface area contributed by atoms with Crippen LogP contribution in [0.15, 0.2) is 0 Å². The van der Waals surface area contributed by atoms with E-state index in [9.17, 15) is 4.79 Å². The molecule has 0 aromatic heterocycles. The Kier molecular flexibility index (Phi) is 5.94. The van der Waals surface area contributed by atoms with Crippen LogP contribution in [-0.4, -0.2) is 47.5 Å². The third kappa shape index (κ3) is 3.54. The Labute approximate surface area is 108 Å². The summed E-state index contributed by atoms with van der Waals surface area (Å²) in [6.45, 7) is 5.08. The molecule has 0 saturated carbocycles. The van der Waals surface area contributed by atoms with E-state index >= 15 is 0 Å². The highest BCUT2D eigenvalue weighted by atomic mass is 35.5. The summed E-state index contributed by atoms with van der Waals surface area (Å²) < 4.78 is 0. The van der Waals surface area contributed by atoms with Crippen LogP contribution in [0, 0.1) is 0 Å². The summed E-state index contributed by atoms with van der Waals surface area (Å²) in [6, 6.07) is 0.106. The number of hydrogen-bond acceptors (Lipinski definition) is 3. The monoisotopic (exact) mass is 264 g/mol. The fraction of sp³-hybridized carbons (Fsp3) is 0.909. The van der Waals surface area contributed by atoms with Gasteiger partial charge in [-0.2, -0.15) is 11.8 Å². The molecule has 0 aromatic rings. The molecule has 2 aliphatic rings. The Morgan fingerprint density at radius 2 is 2.25 bits per heavy atom. The van der Waals surface area contributed by atoms with Crippen LogP contribution in [-0.2, 0) is 4.79 Å². The molecule has 0 bridgehead atoms. The average Bonchev–Trinajstić information content (AvgIpc) is 2.29. The highest BCUT2D eigenvalue weighted by molar-refractivity contribution is 7.99. The molecule has 2 rings (SSSR count). The molecule has 0 radical (unpaired) electrons. The highest BCUT2D eigenvalue weighted by Gasteiger charge is 2.28. The molecule has 1 amide bonds. The number of amides is 1. The van der Waals surface area contributed by atoms with Gasteiger partial charge in [-0.3, -0.25) is 4.79 Å². The molecule has 2 heterocycles. The van der Waals surface area contributed by atoms with Crippen molar-refractivity contribution < 1.29 is 4.79 Å². The van der Waals surface area contributed by atoms with Gasteiger partial charge in [0, 0.05) is 24.1 Å². The molecular weight excluding hydrogens is 244 g/mol. The second-order valence-corrected chi connectivity index (χ2v) is 6.01. The number of rotatable bonds is 1. The Balaban J connectivity index is 0.00000128. The quantitative estimate of drug-likeness (QED) is 0.779. The zero-order valence-electron chi connectivity index (χ0n) is 9.78. The predicted molar refractivity (Wildman–Crippen MR) is 71.4 cm³/mol. The largest absolute Gasteiger partial charge is 0.339 e. The molecule has 0 aromatic carbocycles. The summed E-state index contributed by atoms with van der Waals surface area (Å²) in [4.78, 5) is 14.2. The van der Waals surface area contributed by atoms with E-state index in [1.165, 1.54) is 12.8 Å². The van der Waals surface area contributed by atoms with Gasteiger partial charge in [0.25, 0.3) is 0 Å². The molecule has 2 unspecified atom stereocenters.